The van der Waals surface area contributed by atoms with Crippen LogP contribution in [0.15, 0.2) is 18.3 Å². The molecule has 1 aromatic heterocycles. The maximum atomic E-state index is 13.5. The van der Waals surface area contributed by atoms with Crippen LogP contribution in [0.3, 0.4) is 0 Å². The smallest absolute Gasteiger partial charge is 0.237 e. The van der Waals surface area contributed by atoms with Crippen LogP contribution >= 0.6 is 0 Å². The molecular weight excluding hydrogens is 414 g/mol. The lowest BCUT2D eigenvalue weighted by Gasteiger charge is -2.43. The summed E-state index contributed by atoms with van der Waals surface area (Å²) in [7, 11) is 0.256. The second-order valence-corrected chi connectivity index (χ2v) is 10.3. The molecule has 0 aliphatic carbocycles. The van der Waals surface area contributed by atoms with Crippen molar-refractivity contribution in [1.29, 1.82) is 0 Å². The number of rotatable bonds is 10. The Morgan fingerprint density at radius 1 is 1.19 bits per heavy atom. The molecule has 1 unspecified atom stereocenters. The predicted octanol–water partition coefficient (Wildman–Crippen LogP) is 1.18. The van der Waals surface area contributed by atoms with Gasteiger partial charge in [0.25, 0.3) is 0 Å². The number of ether oxygens (including phenoxy) is 1. The lowest BCUT2D eigenvalue weighted by molar-refractivity contribution is -0.121. The molecule has 3 rings (SSSR count). The first-order valence-corrected chi connectivity index (χ1v) is 12.5. The van der Waals surface area contributed by atoms with Crippen LogP contribution in [-0.2, 0) is 26.9 Å². The van der Waals surface area contributed by atoms with E-state index >= 15 is 0 Å². The third-order valence-electron chi connectivity index (χ3n) is 6.48. The number of nitrogens with zero attached hydrogens (tertiary/aromatic N) is 4. The zero-order chi connectivity index (χ0) is 22.3. The third kappa shape index (κ3) is 5.83. The van der Waals surface area contributed by atoms with Crippen molar-refractivity contribution >= 4 is 22.7 Å². The Bertz CT molecular complexity index is 729. The average Bonchev–Trinajstić information content (AvgIpc) is 2.81. The number of hydrogen-bond donors (Lipinski definition) is 1. The molecule has 174 valence electrons. The summed E-state index contributed by atoms with van der Waals surface area (Å²) in [6, 6.07) is 4.24. The number of likely N-dealkylation sites (tertiary alicyclic amines) is 1. The summed E-state index contributed by atoms with van der Waals surface area (Å²) in [6.45, 7) is 7.84. The first-order chi connectivity index (χ1) is 15.0. The van der Waals surface area contributed by atoms with Crippen molar-refractivity contribution in [3.63, 3.8) is 0 Å². The molecule has 3 heterocycles. The van der Waals surface area contributed by atoms with Gasteiger partial charge in [-0.05, 0) is 37.3 Å². The number of piperidine rings is 1. The van der Waals surface area contributed by atoms with Gasteiger partial charge in [0.2, 0.25) is 5.91 Å². The van der Waals surface area contributed by atoms with Crippen LogP contribution in [0.5, 0.6) is 0 Å². The zero-order valence-corrected chi connectivity index (χ0v) is 19.7. The maximum absolute atomic E-state index is 13.5. The molecule has 0 aromatic carbocycles. The van der Waals surface area contributed by atoms with Crippen molar-refractivity contribution < 1.29 is 13.7 Å². The Balaban J connectivity index is 1.56. The number of primary amides is 1. The van der Waals surface area contributed by atoms with Crippen molar-refractivity contribution in [2.75, 3.05) is 64.4 Å². The second kappa shape index (κ2) is 11.4. The number of aryl methyl sites for hydroxylation is 1. The highest BCUT2D eigenvalue weighted by atomic mass is 32.2. The maximum Gasteiger partial charge on any atom is 0.237 e. The Morgan fingerprint density at radius 3 is 2.45 bits per heavy atom. The number of pyridine rings is 1. The van der Waals surface area contributed by atoms with Gasteiger partial charge in [0.15, 0.2) is 0 Å². The first-order valence-electron chi connectivity index (χ1n) is 11.4. The molecular formula is C22H37N5O3S. The number of piperazine rings is 1. The van der Waals surface area contributed by atoms with Crippen LogP contribution in [0, 0.1) is 0 Å². The molecule has 0 radical (unpaired) electrons. The lowest BCUT2D eigenvalue weighted by atomic mass is 9.95. The van der Waals surface area contributed by atoms with Crippen molar-refractivity contribution in [2.24, 2.45) is 5.73 Å². The van der Waals surface area contributed by atoms with E-state index in [1.807, 2.05) is 10.5 Å². The minimum absolute atomic E-state index is 0.441. The van der Waals surface area contributed by atoms with E-state index in [1.54, 1.807) is 7.11 Å². The van der Waals surface area contributed by atoms with E-state index in [0.717, 1.165) is 31.9 Å². The fourth-order valence-corrected chi connectivity index (χ4v) is 6.02. The number of anilines is 1. The number of aromatic nitrogens is 1. The molecule has 2 aliphatic heterocycles. The molecule has 1 aromatic rings. The molecule has 9 heteroatoms. The fraction of sp³-hybridized carbons (Fsp3) is 0.727. The minimum Gasteiger partial charge on any atom is -0.383 e. The second-order valence-electron chi connectivity index (χ2n) is 8.49. The van der Waals surface area contributed by atoms with Crippen LogP contribution in [0.2, 0.25) is 0 Å². The third-order valence-corrected chi connectivity index (χ3v) is 8.60. The van der Waals surface area contributed by atoms with E-state index in [4.69, 9.17) is 10.5 Å². The van der Waals surface area contributed by atoms with Crippen LogP contribution < -0.4 is 10.6 Å². The van der Waals surface area contributed by atoms with E-state index in [2.05, 4.69) is 33.8 Å². The van der Waals surface area contributed by atoms with E-state index in [0.29, 0.717) is 45.6 Å². The number of unbranched alkanes of at least 4 members (excludes halogenated alkanes) is 1. The molecule has 2 saturated heterocycles. The Labute approximate surface area is 188 Å². The van der Waals surface area contributed by atoms with E-state index < -0.39 is 21.6 Å². The predicted molar refractivity (Wildman–Crippen MR) is 124 cm³/mol. The summed E-state index contributed by atoms with van der Waals surface area (Å²) in [4.78, 5) is 21.5. The Hall–Kier alpha value is -1.55. The van der Waals surface area contributed by atoms with Gasteiger partial charge in [-0.3, -0.25) is 4.79 Å². The normalized spacial score (nSPS) is 21.2. The van der Waals surface area contributed by atoms with Crippen molar-refractivity contribution in [2.45, 2.75) is 43.8 Å². The van der Waals surface area contributed by atoms with Crippen LogP contribution in [0.25, 0.3) is 0 Å². The number of carbonyl (C=O) groups excluding carboxylic acids is 1. The summed E-state index contributed by atoms with van der Waals surface area (Å²) >= 11 is 0. The highest BCUT2D eigenvalue weighted by Gasteiger charge is 2.48. The summed E-state index contributed by atoms with van der Waals surface area (Å²) < 4.78 is 19.6. The van der Waals surface area contributed by atoms with Gasteiger partial charge in [0.05, 0.1) is 6.61 Å². The topological polar surface area (TPSA) is 92.0 Å². The molecule has 2 fully saturated rings. The van der Waals surface area contributed by atoms with Gasteiger partial charge in [-0.2, -0.15) is 0 Å². The van der Waals surface area contributed by atoms with Gasteiger partial charge in [-0.15, -0.1) is 0 Å². The monoisotopic (exact) mass is 451 g/mol. The van der Waals surface area contributed by atoms with Gasteiger partial charge in [0, 0.05) is 59.1 Å². The van der Waals surface area contributed by atoms with E-state index in [-0.39, 0.29) is 0 Å². The van der Waals surface area contributed by atoms with Crippen molar-refractivity contribution in [3.8, 4) is 0 Å². The van der Waals surface area contributed by atoms with E-state index in [9.17, 15) is 9.00 Å². The first kappa shape index (κ1) is 24.1. The Kier molecular flexibility index (Phi) is 8.83. The zero-order valence-electron chi connectivity index (χ0n) is 18.9. The fourth-order valence-electron chi connectivity index (χ4n) is 4.33. The summed E-state index contributed by atoms with van der Waals surface area (Å²) in [6.07, 6.45) is 6.44. The molecule has 2 N–H and O–H groups in total. The van der Waals surface area contributed by atoms with Crippen LogP contribution in [0.4, 0.5) is 5.82 Å². The molecule has 1 atom stereocenters. The minimum atomic E-state index is -1.43. The number of hydrogen-bond acceptors (Lipinski definition) is 6. The summed E-state index contributed by atoms with van der Waals surface area (Å²) in [5.41, 5.74) is 7.07. The molecule has 2 aliphatic rings. The lowest BCUT2D eigenvalue weighted by Crippen LogP contribution is -2.60. The average molecular weight is 452 g/mol. The highest BCUT2D eigenvalue weighted by molar-refractivity contribution is 7.85. The van der Waals surface area contributed by atoms with Gasteiger partial charge in [-0.1, -0.05) is 19.4 Å². The van der Waals surface area contributed by atoms with Crippen LogP contribution in [-0.4, -0.2) is 88.6 Å². The van der Waals surface area contributed by atoms with Crippen LogP contribution in [0.1, 0.15) is 38.2 Å². The molecule has 0 bridgehead atoms. The number of methoxy groups -OCH3 is 1. The summed E-state index contributed by atoms with van der Waals surface area (Å²) in [5.74, 6) is 0.519. The number of nitrogens with two attached hydrogens (primary N) is 1. The molecule has 8 nitrogen and oxygen atoms in total. The van der Waals surface area contributed by atoms with Crippen molar-refractivity contribution in [1.82, 2.24) is 14.2 Å². The molecule has 0 spiro atoms. The molecule has 1 amide bonds. The standard InChI is InChI=1S/C22H37N5O3S/c1-3-4-5-19-6-7-20(24-18-19)26-12-14-27(15-13-26)31(29)22(21(23)28)8-10-25(11-9-22)16-17-30-2/h6-7,18H,3-5,8-17H2,1-2H3,(H2,23,28). The molecule has 31 heavy (non-hydrogen) atoms. The SMILES string of the molecule is CCCCc1ccc(N2CCN(S(=O)C3(C(N)=O)CCN(CCOC)CC3)CC2)nc1. The Morgan fingerprint density at radius 2 is 1.90 bits per heavy atom. The van der Waals surface area contributed by atoms with Gasteiger partial charge in [-0.25, -0.2) is 13.5 Å². The highest BCUT2D eigenvalue weighted by Crippen LogP contribution is 2.31. The van der Waals surface area contributed by atoms with Gasteiger partial charge >= 0.3 is 0 Å². The summed E-state index contributed by atoms with van der Waals surface area (Å²) in [5, 5.41) is 0. The van der Waals surface area contributed by atoms with E-state index in [1.165, 1.54) is 18.4 Å². The van der Waals surface area contributed by atoms with Gasteiger partial charge < -0.3 is 20.3 Å². The quantitative estimate of drug-likeness (QED) is 0.574. The van der Waals surface area contributed by atoms with Crippen molar-refractivity contribution in [3.05, 3.63) is 23.9 Å². The largest absolute Gasteiger partial charge is 0.383 e. The number of amides is 1. The number of carbonyl (C=O) groups is 1. The van der Waals surface area contributed by atoms with Gasteiger partial charge in [0.1, 0.15) is 21.6 Å². The molecule has 0 saturated carbocycles.